The molecule has 0 bridgehead atoms. The number of carbonyl (C=O) groups is 1. The topological polar surface area (TPSA) is 112 Å². The van der Waals surface area contributed by atoms with Crippen LogP contribution in [-0.2, 0) is 9.53 Å². The second-order valence-electron chi connectivity index (χ2n) is 6.82. The van der Waals surface area contributed by atoms with Crippen molar-refractivity contribution in [2.24, 2.45) is 0 Å². The first-order valence-electron chi connectivity index (χ1n) is 9.51. The molecule has 4 rings (SSSR count). The summed E-state index contributed by atoms with van der Waals surface area (Å²) in [7, 11) is 0. The van der Waals surface area contributed by atoms with Crippen molar-refractivity contribution in [1.82, 2.24) is 14.8 Å². The summed E-state index contributed by atoms with van der Waals surface area (Å²) in [4.78, 5) is 27.7. The Morgan fingerprint density at radius 1 is 1.26 bits per heavy atom. The molecule has 0 radical (unpaired) electrons. The van der Waals surface area contributed by atoms with E-state index in [1.54, 1.807) is 44.2 Å². The SMILES string of the molecule is CCOC(=O)C1=C(C)Nc2nc(-c3ccccc3F)nn2C1c1ccc([N+](=O)[O-])cc1. The molecule has 1 atom stereocenters. The van der Waals surface area contributed by atoms with Crippen molar-refractivity contribution in [3.8, 4) is 11.4 Å². The van der Waals surface area contributed by atoms with Gasteiger partial charge in [-0.15, -0.1) is 5.10 Å². The first kappa shape index (κ1) is 20.2. The number of anilines is 1. The number of rotatable bonds is 5. The molecule has 9 nitrogen and oxygen atoms in total. The summed E-state index contributed by atoms with van der Waals surface area (Å²) >= 11 is 0. The molecule has 0 fully saturated rings. The number of aromatic nitrogens is 3. The number of nitro groups is 1. The van der Waals surface area contributed by atoms with Crippen LogP contribution in [0.3, 0.4) is 0 Å². The zero-order valence-electron chi connectivity index (χ0n) is 16.7. The van der Waals surface area contributed by atoms with Crippen molar-refractivity contribution in [3.05, 3.63) is 81.3 Å². The predicted molar refractivity (Wildman–Crippen MR) is 110 cm³/mol. The van der Waals surface area contributed by atoms with E-state index in [0.717, 1.165) is 0 Å². The minimum Gasteiger partial charge on any atom is -0.463 e. The number of nitrogens with one attached hydrogen (secondary N) is 1. The maximum Gasteiger partial charge on any atom is 0.338 e. The van der Waals surface area contributed by atoms with Gasteiger partial charge in [0.05, 0.1) is 22.7 Å². The van der Waals surface area contributed by atoms with Gasteiger partial charge in [0.2, 0.25) is 5.95 Å². The van der Waals surface area contributed by atoms with Crippen LogP contribution in [0.1, 0.15) is 25.5 Å². The van der Waals surface area contributed by atoms with E-state index in [0.29, 0.717) is 17.2 Å². The number of hydrogen-bond acceptors (Lipinski definition) is 7. The van der Waals surface area contributed by atoms with Gasteiger partial charge < -0.3 is 10.1 Å². The molecular formula is C21H18FN5O4. The summed E-state index contributed by atoms with van der Waals surface area (Å²) in [6, 6.07) is 11.2. The van der Waals surface area contributed by atoms with Crippen LogP contribution in [0.5, 0.6) is 0 Å². The first-order valence-corrected chi connectivity index (χ1v) is 9.51. The molecule has 1 unspecified atom stereocenters. The lowest BCUT2D eigenvalue weighted by Gasteiger charge is -2.28. The van der Waals surface area contributed by atoms with Gasteiger partial charge >= 0.3 is 5.97 Å². The Hall–Kier alpha value is -4.08. The van der Waals surface area contributed by atoms with Gasteiger partial charge in [0.1, 0.15) is 11.9 Å². The molecule has 1 aliphatic heterocycles. The lowest BCUT2D eigenvalue weighted by molar-refractivity contribution is -0.384. The van der Waals surface area contributed by atoms with Crippen molar-refractivity contribution in [3.63, 3.8) is 0 Å². The van der Waals surface area contributed by atoms with E-state index < -0.39 is 22.8 Å². The Morgan fingerprint density at radius 3 is 2.61 bits per heavy atom. The number of benzene rings is 2. The molecule has 1 aliphatic rings. The van der Waals surface area contributed by atoms with E-state index in [1.165, 1.54) is 22.9 Å². The van der Waals surface area contributed by atoms with Crippen LogP contribution in [0.2, 0.25) is 0 Å². The maximum absolute atomic E-state index is 14.3. The van der Waals surface area contributed by atoms with Crippen LogP contribution < -0.4 is 5.32 Å². The van der Waals surface area contributed by atoms with Crippen LogP contribution in [0.4, 0.5) is 16.0 Å². The monoisotopic (exact) mass is 423 g/mol. The van der Waals surface area contributed by atoms with Crippen molar-refractivity contribution >= 4 is 17.6 Å². The zero-order chi connectivity index (χ0) is 22.1. The van der Waals surface area contributed by atoms with E-state index in [-0.39, 0.29) is 29.3 Å². The second kappa shape index (κ2) is 7.98. The highest BCUT2D eigenvalue weighted by Crippen LogP contribution is 2.37. The van der Waals surface area contributed by atoms with Gasteiger partial charge in [-0.05, 0) is 43.7 Å². The van der Waals surface area contributed by atoms with Crippen LogP contribution in [0.25, 0.3) is 11.4 Å². The predicted octanol–water partition coefficient (Wildman–Crippen LogP) is 3.84. The summed E-state index contributed by atoms with van der Waals surface area (Å²) in [5.41, 5.74) is 1.49. The molecule has 10 heteroatoms. The molecule has 1 aromatic heterocycles. The molecule has 0 aliphatic carbocycles. The van der Waals surface area contributed by atoms with Crippen LogP contribution in [-0.4, -0.2) is 32.3 Å². The minimum absolute atomic E-state index is 0.0815. The van der Waals surface area contributed by atoms with Crippen molar-refractivity contribution < 1.29 is 18.8 Å². The number of carbonyl (C=O) groups excluding carboxylic acids is 1. The summed E-state index contributed by atoms with van der Waals surface area (Å²) in [6.07, 6.45) is 0. The highest BCUT2D eigenvalue weighted by Gasteiger charge is 2.35. The fourth-order valence-electron chi connectivity index (χ4n) is 3.47. The molecule has 0 saturated carbocycles. The average molecular weight is 423 g/mol. The van der Waals surface area contributed by atoms with E-state index in [1.807, 2.05) is 0 Å². The molecule has 1 N–H and O–H groups in total. The molecule has 0 saturated heterocycles. The van der Waals surface area contributed by atoms with Gasteiger partial charge in [0, 0.05) is 17.8 Å². The summed E-state index contributed by atoms with van der Waals surface area (Å²) in [6.45, 7) is 3.57. The Bertz CT molecular complexity index is 1200. The Morgan fingerprint density at radius 2 is 1.97 bits per heavy atom. The third-order valence-electron chi connectivity index (χ3n) is 4.88. The van der Waals surface area contributed by atoms with Crippen molar-refractivity contribution in [1.29, 1.82) is 0 Å². The van der Waals surface area contributed by atoms with Gasteiger partial charge in [-0.2, -0.15) is 4.98 Å². The molecule has 3 aromatic rings. The molecule has 2 heterocycles. The van der Waals surface area contributed by atoms with Crippen LogP contribution >= 0.6 is 0 Å². The third-order valence-corrected chi connectivity index (χ3v) is 4.88. The number of ether oxygens (including phenoxy) is 1. The molecule has 2 aromatic carbocycles. The van der Waals surface area contributed by atoms with Gasteiger partial charge in [-0.3, -0.25) is 10.1 Å². The van der Waals surface area contributed by atoms with Crippen LogP contribution in [0.15, 0.2) is 59.8 Å². The van der Waals surface area contributed by atoms with E-state index in [4.69, 9.17) is 4.74 Å². The molecule has 0 spiro atoms. The minimum atomic E-state index is -0.760. The van der Waals surface area contributed by atoms with Crippen LogP contribution in [0, 0.1) is 15.9 Å². The molecule has 0 amide bonds. The van der Waals surface area contributed by atoms with E-state index in [2.05, 4.69) is 15.4 Å². The van der Waals surface area contributed by atoms with E-state index in [9.17, 15) is 19.3 Å². The highest BCUT2D eigenvalue weighted by molar-refractivity contribution is 5.92. The molecule has 31 heavy (non-hydrogen) atoms. The summed E-state index contributed by atoms with van der Waals surface area (Å²) in [5.74, 6) is -0.574. The lowest BCUT2D eigenvalue weighted by Crippen LogP contribution is -2.29. The number of fused-ring (bicyclic) bond motifs is 1. The number of hydrogen-bond donors (Lipinski definition) is 1. The van der Waals surface area contributed by atoms with Crippen molar-refractivity contribution in [2.75, 3.05) is 11.9 Å². The van der Waals surface area contributed by atoms with Crippen molar-refractivity contribution in [2.45, 2.75) is 19.9 Å². The number of allylic oxidation sites excluding steroid dienone is 1. The normalized spacial score (nSPS) is 15.3. The van der Waals surface area contributed by atoms with Gasteiger partial charge in [0.25, 0.3) is 5.69 Å². The largest absolute Gasteiger partial charge is 0.463 e. The summed E-state index contributed by atoms with van der Waals surface area (Å²) in [5, 5.41) is 18.5. The Kier molecular flexibility index (Phi) is 5.20. The quantitative estimate of drug-likeness (QED) is 0.377. The highest BCUT2D eigenvalue weighted by atomic mass is 19.1. The number of nitrogens with zero attached hydrogens (tertiary/aromatic N) is 4. The fourth-order valence-corrected chi connectivity index (χ4v) is 3.47. The number of esters is 1. The molecule has 158 valence electrons. The second-order valence-corrected chi connectivity index (χ2v) is 6.82. The maximum atomic E-state index is 14.3. The Labute approximate surface area is 176 Å². The number of nitro benzene ring substituents is 1. The average Bonchev–Trinajstić information content (AvgIpc) is 3.16. The third kappa shape index (κ3) is 3.63. The number of non-ortho nitro benzene ring substituents is 1. The molecular weight excluding hydrogens is 405 g/mol. The zero-order valence-corrected chi connectivity index (χ0v) is 16.7. The van der Waals surface area contributed by atoms with Gasteiger partial charge in [0.15, 0.2) is 5.82 Å². The smallest absolute Gasteiger partial charge is 0.338 e. The van der Waals surface area contributed by atoms with Gasteiger partial charge in [-0.1, -0.05) is 12.1 Å². The Balaban J connectivity index is 1.87. The fraction of sp³-hybridized carbons (Fsp3) is 0.190. The van der Waals surface area contributed by atoms with E-state index >= 15 is 0 Å². The number of halogens is 1. The van der Waals surface area contributed by atoms with Gasteiger partial charge in [-0.25, -0.2) is 13.9 Å². The standard InChI is InChI=1S/C21H18FN5O4/c1-3-31-20(28)17-12(2)23-21-24-19(15-6-4-5-7-16(15)22)25-26(21)18(17)13-8-10-14(11-9-13)27(29)30/h4-11,18H,3H2,1-2H3,(H,23,24,25). The summed E-state index contributed by atoms with van der Waals surface area (Å²) < 4.78 is 21.0. The first-order chi connectivity index (χ1) is 14.9. The lowest BCUT2D eigenvalue weighted by atomic mass is 9.95.